The fraction of sp³-hybridized carbons (Fsp3) is 0.222. The van der Waals surface area contributed by atoms with E-state index in [1.54, 1.807) is 6.07 Å². The molecular weight excluding hydrogens is 301 g/mol. The van der Waals surface area contributed by atoms with Crippen LogP contribution in [0.4, 0.5) is 4.39 Å². The lowest BCUT2D eigenvalue weighted by Gasteiger charge is -2.08. The number of rotatable bonds is 7. The zero-order chi connectivity index (χ0) is 14.9. The van der Waals surface area contributed by atoms with Gasteiger partial charge in [0.1, 0.15) is 18.2 Å². The highest BCUT2D eigenvalue weighted by molar-refractivity contribution is 5.85. The molecule has 1 N–H and O–H groups in total. The number of nitrogens with one attached hydrogen (secondary N) is 1. The highest BCUT2D eigenvalue weighted by Gasteiger charge is 2.00. The van der Waals surface area contributed by atoms with Gasteiger partial charge in [-0.05, 0) is 42.3 Å². The van der Waals surface area contributed by atoms with Crippen molar-refractivity contribution >= 4 is 12.4 Å². The van der Waals surface area contributed by atoms with E-state index in [4.69, 9.17) is 11.2 Å². The monoisotopic (exact) mass is 319 g/mol. The first kappa shape index (κ1) is 18.0. The molecule has 2 aromatic rings. The van der Waals surface area contributed by atoms with Crippen LogP contribution >= 0.6 is 12.4 Å². The fourth-order valence-electron chi connectivity index (χ4n) is 2.03. The normalized spacial score (nSPS) is 9.64. The van der Waals surface area contributed by atoms with Crippen molar-refractivity contribution in [2.45, 2.75) is 13.0 Å². The number of terminal acetylenes is 1. The minimum atomic E-state index is -0.149. The van der Waals surface area contributed by atoms with Crippen LogP contribution in [0.1, 0.15) is 11.1 Å². The Morgan fingerprint density at radius 1 is 1.14 bits per heavy atom. The Hall–Kier alpha value is -2.02. The molecule has 116 valence electrons. The molecule has 0 unspecified atom stereocenters. The summed E-state index contributed by atoms with van der Waals surface area (Å²) in [7, 11) is 0. The maximum absolute atomic E-state index is 13.5. The standard InChI is InChI=1S/C18H18FNO.ClH/c1-2-12-21-17-8-5-6-15(13-17)14-20-11-10-16-7-3-4-9-18(16)19;/h1,3-9,13,20H,10-12,14H2;1H. The Morgan fingerprint density at radius 3 is 2.73 bits per heavy atom. The van der Waals surface area contributed by atoms with Crippen LogP contribution in [0.15, 0.2) is 48.5 Å². The van der Waals surface area contributed by atoms with Gasteiger partial charge in [-0.2, -0.15) is 0 Å². The van der Waals surface area contributed by atoms with E-state index in [0.29, 0.717) is 13.0 Å². The minimum Gasteiger partial charge on any atom is -0.481 e. The first-order chi connectivity index (χ1) is 10.3. The van der Waals surface area contributed by atoms with E-state index in [9.17, 15) is 4.39 Å². The van der Waals surface area contributed by atoms with Crippen LogP contribution < -0.4 is 10.1 Å². The quantitative estimate of drug-likeness (QED) is 0.622. The molecule has 0 aliphatic rings. The molecule has 0 amide bonds. The van der Waals surface area contributed by atoms with E-state index in [-0.39, 0.29) is 24.8 Å². The van der Waals surface area contributed by atoms with Crippen LogP contribution in [0.2, 0.25) is 0 Å². The Kier molecular flexibility index (Phi) is 8.06. The minimum absolute atomic E-state index is 0. The third-order valence-electron chi connectivity index (χ3n) is 3.08. The second-order valence-electron chi connectivity index (χ2n) is 4.66. The number of ether oxygens (including phenoxy) is 1. The second kappa shape index (κ2) is 9.83. The zero-order valence-electron chi connectivity index (χ0n) is 12.2. The van der Waals surface area contributed by atoms with E-state index < -0.39 is 0 Å². The van der Waals surface area contributed by atoms with Gasteiger partial charge in [0.2, 0.25) is 0 Å². The van der Waals surface area contributed by atoms with Crippen LogP contribution in [0.3, 0.4) is 0 Å². The molecular formula is C18H19ClFNO. The SMILES string of the molecule is C#CCOc1cccc(CNCCc2ccccc2F)c1.Cl. The van der Waals surface area contributed by atoms with Crippen molar-refractivity contribution in [3.8, 4) is 18.1 Å². The number of hydrogen-bond acceptors (Lipinski definition) is 2. The number of hydrogen-bond donors (Lipinski definition) is 1. The van der Waals surface area contributed by atoms with Gasteiger partial charge in [-0.3, -0.25) is 0 Å². The van der Waals surface area contributed by atoms with Crippen molar-refractivity contribution in [2.24, 2.45) is 0 Å². The van der Waals surface area contributed by atoms with Gasteiger partial charge in [0.15, 0.2) is 0 Å². The zero-order valence-corrected chi connectivity index (χ0v) is 13.0. The highest BCUT2D eigenvalue weighted by Crippen LogP contribution is 2.13. The van der Waals surface area contributed by atoms with E-state index in [2.05, 4.69) is 11.2 Å². The van der Waals surface area contributed by atoms with Crippen LogP contribution in [0.25, 0.3) is 0 Å². The Bertz CT molecular complexity index is 624. The van der Waals surface area contributed by atoms with Gasteiger partial charge in [0.25, 0.3) is 0 Å². The molecule has 0 spiro atoms. The van der Waals surface area contributed by atoms with Gasteiger partial charge in [-0.15, -0.1) is 18.8 Å². The fourth-order valence-corrected chi connectivity index (χ4v) is 2.03. The maximum Gasteiger partial charge on any atom is 0.148 e. The van der Waals surface area contributed by atoms with E-state index >= 15 is 0 Å². The molecule has 0 aliphatic carbocycles. The molecule has 2 nitrogen and oxygen atoms in total. The van der Waals surface area contributed by atoms with Crippen molar-refractivity contribution in [3.63, 3.8) is 0 Å². The summed E-state index contributed by atoms with van der Waals surface area (Å²) >= 11 is 0. The van der Waals surface area contributed by atoms with E-state index in [1.165, 1.54) is 6.07 Å². The smallest absolute Gasteiger partial charge is 0.148 e. The van der Waals surface area contributed by atoms with Gasteiger partial charge in [-0.1, -0.05) is 36.3 Å². The topological polar surface area (TPSA) is 21.3 Å². The van der Waals surface area contributed by atoms with Gasteiger partial charge < -0.3 is 10.1 Å². The molecule has 2 rings (SSSR count). The Labute approximate surface area is 137 Å². The maximum atomic E-state index is 13.5. The van der Waals surface area contributed by atoms with Crippen molar-refractivity contribution in [1.82, 2.24) is 5.32 Å². The molecule has 2 aromatic carbocycles. The predicted molar refractivity (Wildman–Crippen MR) is 89.8 cm³/mol. The van der Waals surface area contributed by atoms with Crippen molar-refractivity contribution in [1.29, 1.82) is 0 Å². The lowest BCUT2D eigenvalue weighted by Crippen LogP contribution is -2.17. The second-order valence-corrected chi connectivity index (χ2v) is 4.66. The predicted octanol–water partition coefficient (Wildman–Crippen LogP) is 3.59. The summed E-state index contributed by atoms with van der Waals surface area (Å²) < 4.78 is 18.8. The summed E-state index contributed by atoms with van der Waals surface area (Å²) in [5.74, 6) is 3.05. The van der Waals surface area contributed by atoms with Gasteiger partial charge in [-0.25, -0.2) is 4.39 Å². The van der Waals surface area contributed by atoms with Crippen LogP contribution in [-0.4, -0.2) is 13.2 Å². The van der Waals surface area contributed by atoms with Crippen molar-refractivity contribution < 1.29 is 9.13 Å². The van der Waals surface area contributed by atoms with Crippen molar-refractivity contribution in [2.75, 3.05) is 13.2 Å². The molecule has 0 aliphatic heterocycles. The summed E-state index contributed by atoms with van der Waals surface area (Å²) in [6, 6.07) is 14.6. The lowest BCUT2D eigenvalue weighted by atomic mass is 10.1. The average Bonchev–Trinajstić information content (AvgIpc) is 2.51. The van der Waals surface area contributed by atoms with E-state index in [0.717, 1.165) is 23.4 Å². The Balaban J connectivity index is 0.00000242. The van der Waals surface area contributed by atoms with Crippen LogP contribution in [-0.2, 0) is 13.0 Å². The third-order valence-corrected chi connectivity index (χ3v) is 3.08. The number of halogens is 2. The molecule has 0 saturated heterocycles. The first-order valence-corrected chi connectivity index (χ1v) is 6.89. The summed E-state index contributed by atoms with van der Waals surface area (Å²) in [4.78, 5) is 0. The van der Waals surface area contributed by atoms with E-state index in [1.807, 2.05) is 36.4 Å². The molecule has 22 heavy (non-hydrogen) atoms. The molecule has 0 radical (unpaired) electrons. The van der Waals surface area contributed by atoms with Gasteiger partial charge >= 0.3 is 0 Å². The first-order valence-electron chi connectivity index (χ1n) is 6.89. The molecule has 0 fully saturated rings. The summed E-state index contributed by atoms with van der Waals surface area (Å²) in [6.07, 6.45) is 5.83. The third kappa shape index (κ3) is 5.77. The number of benzene rings is 2. The molecule has 0 bridgehead atoms. The average molecular weight is 320 g/mol. The summed E-state index contributed by atoms with van der Waals surface area (Å²) in [6.45, 7) is 1.70. The van der Waals surface area contributed by atoms with Gasteiger partial charge in [0.05, 0.1) is 0 Å². The molecule has 4 heteroatoms. The van der Waals surface area contributed by atoms with Crippen LogP contribution in [0.5, 0.6) is 5.75 Å². The van der Waals surface area contributed by atoms with Crippen molar-refractivity contribution in [3.05, 3.63) is 65.5 Å². The molecule has 0 atom stereocenters. The molecule has 0 aromatic heterocycles. The Morgan fingerprint density at radius 2 is 1.95 bits per heavy atom. The lowest BCUT2D eigenvalue weighted by molar-refractivity contribution is 0.370. The summed E-state index contributed by atoms with van der Waals surface area (Å²) in [5.41, 5.74) is 1.84. The van der Waals surface area contributed by atoms with Gasteiger partial charge in [0, 0.05) is 6.54 Å². The summed E-state index contributed by atoms with van der Waals surface area (Å²) in [5, 5.41) is 3.30. The molecule has 0 saturated carbocycles. The molecule has 0 heterocycles. The van der Waals surface area contributed by atoms with Crippen LogP contribution in [0, 0.1) is 18.2 Å². The largest absolute Gasteiger partial charge is 0.481 e. The highest BCUT2D eigenvalue weighted by atomic mass is 35.5.